The van der Waals surface area contributed by atoms with Crippen LogP contribution in [0, 0.1) is 23.1 Å². The molecule has 6 rings (SSSR count). The van der Waals surface area contributed by atoms with Crippen molar-refractivity contribution in [3.63, 3.8) is 0 Å². The average Bonchev–Trinajstić information content (AvgIpc) is 2.80. The first-order valence-electron chi connectivity index (χ1n) is 11.8. The number of benzene rings is 2. The van der Waals surface area contributed by atoms with Gasteiger partial charge in [-0.25, -0.2) is 9.37 Å². The first-order valence-corrected chi connectivity index (χ1v) is 11.8. The molecule has 3 N–H and O–H groups in total. The monoisotopic (exact) mass is 517 g/mol. The van der Waals surface area contributed by atoms with Crippen molar-refractivity contribution < 1.29 is 31.9 Å². The summed E-state index contributed by atoms with van der Waals surface area (Å²) in [5, 5.41) is 15.6. The normalized spacial score (nSPS) is 22.9. The van der Waals surface area contributed by atoms with Crippen LogP contribution < -0.4 is 10.6 Å². The van der Waals surface area contributed by atoms with E-state index >= 15 is 0 Å². The molecule has 3 saturated carbocycles. The third-order valence-electron chi connectivity index (χ3n) is 7.59. The van der Waals surface area contributed by atoms with Crippen molar-refractivity contribution in [1.29, 1.82) is 0 Å². The number of rotatable bonds is 8. The lowest BCUT2D eigenvalue weighted by Crippen LogP contribution is -2.74. The molecule has 0 aliphatic heterocycles. The molecule has 1 atom stereocenters. The number of nitrogens with one attached hydrogen (secondary N) is 2. The van der Waals surface area contributed by atoms with Crippen LogP contribution in [-0.2, 0) is 12.6 Å². The van der Waals surface area contributed by atoms with E-state index in [1.807, 2.05) is 0 Å². The zero-order chi connectivity index (χ0) is 26.4. The molecule has 3 fully saturated rings. The Kier molecular flexibility index (Phi) is 6.08. The van der Waals surface area contributed by atoms with Crippen LogP contribution in [0.5, 0.6) is 5.75 Å². The van der Waals surface area contributed by atoms with Gasteiger partial charge in [0.1, 0.15) is 17.3 Å². The lowest BCUT2D eigenvalue weighted by molar-refractivity contribution is -0.159. The Labute approximate surface area is 209 Å². The number of amides is 1. The third kappa shape index (κ3) is 4.72. The molecule has 3 aromatic rings. The van der Waals surface area contributed by atoms with E-state index < -0.39 is 34.8 Å². The molecule has 1 amide bonds. The van der Waals surface area contributed by atoms with Crippen molar-refractivity contribution in [2.24, 2.45) is 11.3 Å². The first-order chi connectivity index (χ1) is 17.5. The van der Waals surface area contributed by atoms with Gasteiger partial charge < -0.3 is 15.7 Å². The summed E-state index contributed by atoms with van der Waals surface area (Å²) >= 11 is 0. The molecule has 1 heterocycles. The molecule has 1 aromatic heterocycles. The van der Waals surface area contributed by atoms with Crippen molar-refractivity contribution in [3.8, 4) is 5.75 Å². The number of aromatic nitrogens is 1. The lowest BCUT2D eigenvalue weighted by Gasteiger charge is -2.73. The molecule has 0 saturated heterocycles. The number of carbonyl (C=O) groups is 1. The summed E-state index contributed by atoms with van der Waals surface area (Å²) in [5.74, 6) is -2.29. The maximum atomic E-state index is 14.3. The van der Waals surface area contributed by atoms with Gasteiger partial charge >= 0.3 is 6.18 Å². The second-order valence-corrected chi connectivity index (χ2v) is 10.1. The number of halogens is 5. The molecule has 3 aliphatic rings. The highest BCUT2D eigenvalue weighted by molar-refractivity contribution is 5.96. The molecule has 0 radical (unpaired) electrons. The number of pyridine rings is 1. The molecule has 0 spiro atoms. The number of para-hydroxylation sites is 1. The van der Waals surface area contributed by atoms with Gasteiger partial charge in [0.2, 0.25) is 5.95 Å². The average molecular weight is 517 g/mol. The first kappa shape index (κ1) is 25.0. The number of alkyl halides is 3. The van der Waals surface area contributed by atoms with Crippen LogP contribution in [0.25, 0.3) is 0 Å². The van der Waals surface area contributed by atoms with Gasteiger partial charge in [-0.1, -0.05) is 24.3 Å². The minimum Gasteiger partial charge on any atom is -0.507 e. The van der Waals surface area contributed by atoms with E-state index in [0.717, 1.165) is 17.8 Å². The standard InChI is InChI=1S/C27H24F5N3O2/c28-18-7-5-16(6-8-18)11-17(12-34-24(37)19-3-1-2-4-21(19)36)25-13-26(14-25,15-25)35-22-20(27(30,31)32)9-10-33-23(22)29/h1-10,17,35-36H,11-15H2,(H,34,37). The van der Waals surface area contributed by atoms with Crippen LogP contribution in [0.3, 0.4) is 0 Å². The van der Waals surface area contributed by atoms with Crippen molar-refractivity contribution >= 4 is 11.6 Å². The van der Waals surface area contributed by atoms with Crippen molar-refractivity contribution in [2.75, 3.05) is 11.9 Å². The van der Waals surface area contributed by atoms with Gasteiger partial charge in [0.25, 0.3) is 5.91 Å². The lowest BCUT2D eigenvalue weighted by atomic mass is 9.35. The number of phenols is 1. The number of anilines is 1. The summed E-state index contributed by atoms with van der Waals surface area (Å²) < 4.78 is 68.0. The van der Waals surface area contributed by atoms with Crippen LogP contribution in [0.1, 0.15) is 40.7 Å². The van der Waals surface area contributed by atoms with E-state index in [-0.39, 0.29) is 35.0 Å². The predicted octanol–water partition coefficient (Wildman–Crippen LogP) is 5.71. The Bertz CT molecular complexity index is 1310. The fourth-order valence-electron chi connectivity index (χ4n) is 5.88. The SMILES string of the molecule is O=C(NCC(Cc1ccc(F)cc1)C12CC(Nc3c(C(F)(F)F)ccnc3F)(C1)C2)c1ccccc1O. The Morgan fingerprint density at radius 2 is 1.70 bits per heavy atom. The second-order valence-electron chi connectivity index (χ2n) is 10.1. The molecule has 37 heavy (non-hydrogen) atoms. The van der Waals surface area contributed by atoms with Gasteiger partial charge in [0.15, 0.2) is 0 Å². The minimum atomic E-state index is -4.73. The quantitative estimate of drug-likeness (QED) is 0.265. The topological polar surface area (TPSA) is 74.2 Å². The van der Waals surface area contributed by atoms with Crippen LogP contribution >= 0.6 is 0 Å². The van der Waals surface area contributed by atoms with Crippen molar-refractivity contribution in [2.45, 2.75) is 37.4 Å². The second kappa shape index (κ2) is 9.00. The van der Waals surface area contributed by atoms with E-state index in [1.54, 1.807) is 24.3 Å². The maximum absolute atomic E-state index is 14.3. The number of phenolic OH excluding ortho intramolecular Hbond substituents is 1. The Morgan fingerprint density at radius 3 is 2.35 bits per heavy atom. The Morgan fingerprint density at radius 1 is 1.03 bits per heavy atom. The van der Waals surface area contributed by atoms with E-state index in [9.17, 15) is 31.9 Å². The molecule has 2 bridgehead atoms. The summed E-state index contributed by atoms with van der Waals surface area (Å²) in [5.41, 5.74) is -1.74. The van der Waals surface area contributed by atoms with Crippen molar-refractivity contribution in [3.05, 3.63) is 89.2 Å². The van der Waals surface area contributed by atoms with E-state index in [0.29, 0.717) is 25.7 Å². The zero-order valence-electron chi connectivity index (χ0n) is 19.6. The highest BCUT2D eigenvalue weighted by atomic mass is 19.4. The Hall–Kier alpha value is -3.69. The van der Waals surface area contributed by atoms with Gasteiger partial charge in [-0.3, -0.25) is 4.79 Å². The number of aromatic hydroxyl groups is 1. The van der Waals surface area contributed by atoms with Gasteiger partial charge in [-0.2, -0.15) is 17.6 Å². The maximum Gasteiger partial charge on any atom is 0.418 e. The summed E-state index contributed by atoms with van der Waals surface area (Å²) in [6, 6.07) is 12.9. The molecule has 1 unspecified atom stereocenters. The summed E-state index contributed by atoms with van der Waals surface area (Å²) in [7, 11) is 0. The smallest absolute Gasteiger partial charge is 0.418 e. The van der Waals surface area contributed by atoms with E-state index in [2.05, 4.69) is 15.6 Å². The van der Waals surface area contributed by atoms with Gasteiger partial charge in [0, 0.05) is 18.3 Å². The predicted molar refractivity (Wildman–Crippen MR) is 126 cm³/mol. The summed E-state index contributed by atoms with van der Waals surface area (Å²) in [4.78, 5) is 16.1. The van der Waals surface area contributed by atoms with Crippen molar-refractivity contribution in [1.82, 2.24) is 10.3 Å². The van der Waals surface area contributed by atoms with E-state index in [1.165, 1.54) is 24.3 Å². The van der Waals surface area contributed by atoms with Crippen LogP contribution in [0.15, 0.2) is 60.8 Å². The highest BCUT2D eigenvalue weighted by Crippen LogP contribution is 2.72. The molecular formula is C27H24F5N3O2. The Balaban J connectivity index is 1.32. The van der Waals surface area contributed by atoms with Gasteiger partial charge in [-0.05, 0) is 72.9 Å². The number of nitrogens with zero attached hydrogens (tertiary/aromatic N) is 1. The largest absolute Gasteiger partial charge is 0.507 e. The highest BCUT2D eigenvalue weighted by Gasteiger charge is 2.70. The molecule has 2 aromatic carbocycles. The number of hydrogen-bond donors (Lipinski definition) is 3. The zero-order valence-corrected chi connectivity index (χ0v) is 19.6. The fraction of sp³-hybridized carbons (Fsp3) is 0.333. The minimum absolute atomic E-state index is 0.114. The summed E-state index contributed by atoms with van der Waals surface area (Å²) in [6.07, 6.45) is -1.96. The summed E-state index contributed by atoms with van der Waals surface area (Å²) in [6.45, 7) is 0.246. The third-order valence-corrected chi connectivity index (χ3v) is 7.59. The molecule has 3 aliphatic carbocycles. The molecule has 194 valence electrons. The van der Waals surface area contributed by atoms with Crippen LogP contribution in [0.4, 0.5) is 27.6 Å². The van der Waals surface area contributed by atoms with Crippen LogP contribution in [-0.4, -0.2) is 28.1 Å². The number of carbonyl (C=O) groups excluding carboxylic acids is 1. The fourth-order valence-corrected chi connectivity index (χ4v) is 5.88. The number of hydrogen-bond acceptors (Lipinski definition) is 4. The molecule has 5 nitrogen and oxygen atoms in total. The van der Waals surface area contributed by atoms with Gasteiger partial charge in [0.05, 0.1) is 11.1 Å². The van der Waals surface area contributed by atoms with E-state index in [4.69, 9.17) is 0 Å². The van der Waals surface area contributed by atoms with Gasteiger partial charge in [-0.15, -0.1) is 0 Å². The van der Waals surface area contributed by atoms with Crippen LogP contribution in [0.2, 0.25) is 0 Å². The molecular weight excluding hydrogens is 493 g/mol. The molecule has 10 heteroatoms.